The van der Waals surface area contributed by atoms with Gasteiger partial charge in [-0.1, -0.05) is 44.2 Å². The zero-order valence-corrected chi connectivity index (χ0v) is 15.1. The molecular formula is C22H31NO. The van der Waals surface area contributed by atoms with Crippen molar-refractivity contribution in [3.05, 3.63) is 47.8 Å². The van der Waals surface area contributed by atoms with Gasteiger partial charge in [-0.2, -0.15) is 0 Å². The van der Waals surface area contributed by atoms with Crippen molar-refractivity contribution in [2.75, 3.05) is 6.54 Å². The van der Waals surface area contributed by atoms with E-state index in [1.165, 1.54) is 31.4 Å². The van der Waals surface area contributed by atoms with E-state index >= 15 is 0 Å². The van der Waals surface area contributed by atoms with Gasteiger partial charge in [0.1, 0.15) is 11.9 Å². The molecule has 0 radical (unpaired) electrons. The molecule has 24 heavy (non-hydrogen) atoms. The predicted molar refractivity (Wildman–Crippen MR) is 99.5 cm³/mol. The zero-order chi connectivity index (χ0) is 16.5. The maximum absolute atomic E-state index is 6.36. The Balaban J connectivity index is 1.46. The van der Waals surface area contributed by atoms with Gasteiger partial charge >= 0.3 is 0 Å². The minimum Gasteiger partial charge on any atom is -0.490 e. The maximum Gasteiger partial charge on any atom is 0.118 e. The van der Waals surface area contributed by atoms with E-state index in [2.05, 4.69) is 55.6 Å². The van der Waals surface area contributed by atoms with Crippen LogP contribution in [0.1, 0.15) is 46.0 Å². The van der Waals surface area contributed by atoms with Crippen LogP contribution in [0.2, 0.25) is 0 Å². The molecule has 4 rings (SSSR count). The molecule has 0 amide bonds. The van der Waals surface area contributed by atoms with Crippen LogP contribution < -0.4 is 5.32 Å². The summed E-state index contributed by atoms with van der Waals surface area (Å²) >= 11 is 0. The number of nitrogens with one attached hydrogen (secondary N) is 1. The predicted octanol–water partition coefficient (Wildman–Crippen LogP) is 4.76. The van der Waals surface area contributed by atoms with Crippen molar-refractivity contribution in [1.82, 2.24) is 5.32 Å². The van der Waals surface area contributed by atoms with Gasteiger partial charge in [0.2, 0.25) is 0 Å². The summed E-state index contributed by atoms with van der Waals surface area (Å²) in [5.74, 6) is 3.93. The fourth-order valence-corrected chi connectivity index (χ4v) is 5.11. The first-order valence-electron chi connectivity index (χ1n) is 9.84. The highest BCUT2D eigenvalue weighted by molar-refractivity contribution is 5.29. The van der Waals surface area contributed by atoms with Crippen molar-refractivity contribution in [1.29, 1.82) is 0 Å². The second-order valence-electron chi connectivity index (χ2n) is 8.32. The molecule has 1 saturated heterocycles. The van der Waals surface area contributed by atoms with E-state index in [0.717, 1.165) is 18.9 Å². The Bertz CT molecular complexity index is 583. The molecule has 5 atom stereocenters. The highest BCUT2D eigenvalue weighted by atomic mass is 16.5. The number of hydrogen-bond acceptors (Lipinski definition) is 2. The average molecular weight is 325 g/mol. The first-order valence-corrected chi connectivity index (χ1v) is 9.84. The fourth-order valence-electron chi connectivity index (χ4n) is 5.11. The quantitative estimate of drug-likeness (QED) is 0.807. The van der Waals surface area contributed by atoms with Crippen LogP contribution in [0.25, 0.3) is 0 Å². The van der Waals surface area contributed by atoms with Crippen LogP contribution in [0.4, 0.5) is 0 Å². The van der Waals surface area contributed by atoms with E-state index < -0.39 is 0 Å². The molecule has 2 aliphatic heterocycles. The van der Waals surface area contributed by atoms with Gasteiger partial charge in [-0.25, -0.2) is 0 Å². The van der Waals surface area contributed by atoms with Crippen molar-refractivity contribution in [3.63, 3.8) is 0 Å². The molecule has 0 aromatic heterocycles. The van der Waals surface area contributed by atoms with E-state index in [1.807, 2.05) is 0 Å². The van der Waals surface area contributed by atoms with Crippen LogP contribution in [0.5, 0.6) is 0 Å². The Morgan fingerprint density at radius 3 is 2.88 bits per heavy atom. The summed E-state index contributed by atoms with van der Waals surface area (Å²) in [7, 11) is 0. The molecule has 0 spiro atoms. The molecule has 130 valence electrons. The monoisotopic (exact) mass is 325 g/mol. The van der Waals surface area contributed by atoms with Gasteiger partial charge in [0.25, 0.3) is 0 Å². The second kappa shape index (κ2) is 6.92. The molecule has 1 N–H and O–H groups in total. The molecule has 0 aromatic rings. The first-order chi connectivity index (χ1) is 11.7. The highest BCUT2D eigenvalue weighted by Crippen LogP contribution is 2.41. The zero-order valence-electron chi connectivity index (χ0n) is 15.1. The Morgan fingerprint density at radius 2 is 2.12 bits per heavy atom. The first kappa shape index (κ1) is 16.2. The number of allylic oxidation sites excluding steroid dienone is 6. The van der Waals surface area contributed by atoms with E-state index in [4.69, 9.17) is 4.74 Å². The van der Waals surface area contributed by atoms with Crippen molar-refractivity contribution in [3.8, 4) is 0 Å². The van der Waals surface area contributed by atoms with Gasteiger partial charge in [-0.3, -0.25) is 0 Å². The molecule has 2 heteroatoms. The summed E-state index contributed by atoms with van der Waals surface area (Å²) in [6.45, 7) is 5.84. The van der Waals surface area contributed by atoms with Crippen LogP contribution in [0.15, 0.2) is 47.8 Å². The van der Waals surface area contributed by atoms with Crippen LogP contribution in [0, 0.1) is 23.7 Å². The SMILES string of the molecule is CC(C)C1NCC(C2CC3=C(C=CCC3)O2)CC1C1C=CC=CC1. The van der Waals surface area contributed by atoms with Gasteiger partial charge in [-0.05, 0) is 55.1 Å². The third kappa shape index (κ3) is 3.13. The van der Waals surface area contributed by atoms with Gasteiger partial charge in [0, 0.05) is 24.9 Å². The summed E-state index contributed by atoms with van der Waals surface area (Å²) in [5.41, 5.74) is 1.56. The summed E-state index contributed by atoms with van der Waals surface area (Å²) in [5, 5.41) is 3.90. The van der Waals surface area contributed by atoms with E-state index in [0.29, 0.717) is 29.9 Å². The van der Waals surface area contributed by atoms with Gasteiger partial charge in [0.05, 0.1) is 0 Å². The molecule has 2 nitrogen and oxygen atoms in total. The lowest BCUT2D eigenvalue weighted by molar-refractivity contribution is 0.0397. The third-order valence-corrected chi connectivity index (χ3v) is 6.42. The smallest absolute Gasteiger partial charge is 0.118 e. The standard InChI is InChI=1S/C22H31NO/c1-15(2)22-19(16-8-4-3-5-9-16)12-18(14-23-22)21-13-17-10-6-7-11-20(17)24-21/h3-5,7-8,11,15-16,18-19,21-23H,6,9-10,12-14H2,1-2H3. The number of ether oxygens (including phenoxy) is 1. The van der Waals surface area contributed by atoms with Gasteiger partial charge in [0.15, 0.2) is 0 Å². The third-order valence-electron chi connectivity index (χ3n) is 6.42. The Morgan fingerprint density at radius 1 is 1.21 bits per heavy atom. The molecule has 1 fully saturated rings. The second-order valence-corrected chi connectivity index (χ2v) is 8.32. The number of piperidine rings is 1. The lowest BCUT2D eigenvalue weighted by Gasteiger charge is -2.44. The summed E-state index contributed by atoms with van der Waals surface area (Å²) in [6.07, 6.45) is 20.1. The van der Waals surface area contributed by atoms with Crippen LogP contribution in [0.3, 0.4) is 0 Å². The molecular weight excluding hydrogens is 294 g/mol. The normalized spacial score (nSPS) is 38.5. The molecule has 4 aliphatic rings. The van der Waals surface area contributed by atoms with Gasteiger partial charge in [-0.15, -0.1) is 0 Å². The number of hydrogen-bond donors (Lipinski definition) is 1. The van der Waals surface area contributed by atoms with Crippen LogP contribution in [-0.2, 0) is 4.74 Å². The van der Waals surface area contributed by atoms with Crippen molar-refractivity contribution >= 4 is 0 Å². The average Bonchev–Trinajstić information content (AvgIpc) is 3.06. The maximum atomic E-state index is 6.36. The molecule has 0 bridgehead atoms. The van der Waals surface area contributed by atoms with Crippen molar-refractivity contribution < 1.29 is 4.74 Å². The van der Waals surface area contributed by atoms with E-state index in [9.17, 15) is 0 Å². The van der Waals surface area contributed by atoms with Crippen molar-refractivity contribution in [2.24, 2.45) is 23.7 Å². The molecule has 0 saturated carbocycles. The summed E-state index contributed by atoms with van der Waals surface area (Å²) in [4.78, 5) is 0. The van der Waals surface area contributed by atoms with Crippen LogP contribution >= 0.6 is 0 Å². The molecule has 2 aliphatic carbocycles. The summed E-state index contributed by atoms with van der Waals surface area (Å²) < 4.78 is 6.36. The molecule has 2 heterocycles. The Hall–Kier alpha value is -1.28. The molecule has 0 aromatic carbocycles. The lowest BCUT2D eigenvalue weighted by atomic mass is 9.70. The lowest BCUT2D eigenvalue weighted by Crippen LogP contribution is -2.52. The van der Waals surface area contributed by atoms with E-state index in [-0.39, 0.29) is 0 Å². The highest BCUT2D eigenvalue weighted by Gasteiger charge is 2.41. The topological polar surface area (TPSA) is 21.3 Å². The number of rotatable bonds is 3. The van der Waals surface area contributed by atoms with Crippen molar-refractivity contribution in [2.45, 2.75) is 58.1 Å². The Labute approximate surface area is 146 Å². The van der Waals surface area contributed by atoms with E-state index in [1.54, 1.807) is 5.57 Å². The summed E-state index contributed by atoms with van der Waals surface area (Å²) in [6, 6.07) is 0.631. The largest absolute Gasteiger partial charge is 0.490 e. The fraction of sp³-hybridized carbons (Fsp3) is 0.636. The minimum absolute atomic E-state index is 0.393. The molecule has 5 unspecified atom stereocenters. The minimum atomic E-state index is 0.393. The van der Waals surface area contributed by atoms with Crippen LogP contribution in [-0.4, -0.2) is 18.7 Å². The Kier molecular flexibility index (Phi) is 4.67. The van der Waals surface area contributed by atoms with Gasteiger partial charge < -0.3 is 10.1 Å².